The average molecular weight is 261 g/mol. The minimum absolute atomic E-state index is 0.104. The summed E-state index contributed by atoms with van der Waals surface area (Å²) in [5.74, 6) is -0.832. The Balaban J connectivity index is 1.91. The molecular formula is C15H19NO3. The van der Waals surface area contributed by atoms with Gasteiger partial charge in [0, 0.05) is 12.0 Å². The highest BCUT2D eigenvalue weighted by molar-refractivity contribution is 5.87. The fourth-order valence-electron chi connectivity index (χ4n) is 2.54. The molecule has 1 fully saturated rings. The summed E-state index contributed by atoms with van der Waals surface area (Å²) in [5.41, 5.74) is 0.957. The number of nitrogens with one attached hydrogen (secondary N) is 1. The van der Waals surface area contributed by atoms with Gasteiger partial charge >= 0.3 is 5.97 Å². The van der Waals surface area contributed by atoms with Gasteiger partial charge in [-0.15, -0.1) is 0 Å². The topological polar surface area (TPSA) is 66.4 Å². The Bertz CT molecular complexity index is 473. The first-order chi connectivity index (χ1) is 9.01. The van der Waals surface area contributed by atoms with Crippen molar-refractivity contribution in [1.29, 1.82) is 0 Å². The number of carboxylic acid groups (broad SMARTS) is 1. The second kappa shape index (κ2) is 5.43. The van der Waals surface area contributed by atoms with E-state index < -0.39 is 5.97 Å². The van der Waals surface area contributed by atoms with Crippen molar-refractivity contribution in [2.24, 2.45) is 5.41 Å². The molecule has 0 aromatic heterocycles. The number of carbonyl (C=O) groups is 2. The van der Waals surface area contributed by atoms with E-state index in [9.17, 15) is 9.59 Å². The molecule has 0 bridgehead atoms. The van der Waals surface area contributed by atoms with Crippen LogP contribution in [0.15, 0.2) is 24.3 Å². The van der Waals surface area contributed by atoms with E-state index in [1.807, 2.05) is 6.92 Å². The molecule has 1 amide bonds. The highest BCUT2D eigenvalue weighted by Crippen LogP contribution is 2.37. The van der Waals surface area contributed by atoms with Crippen LogP contribution in [0.4, 0.5) is 0 Å². The maximum Gasteiger partial charge on any atom is 0.335 e. The van der Waals surface area contributed by atoms with Crippen LogP contribution >= 0.6 is 0 Å². The van der Waals surface area contributed by atoms with Gasteiger partial charge in [-0.05, 0) is 30.5 Å². The molecule has 102 valence electrons. The Hall–Kier alpha value is -1.84. The molecule has 2 rings (SSSR count). The minimum Gasteiger partial charge on any atom is -0.478 e. The van der Waals surface area contributed by atoms with Crippen LogP contribution in [-0.4, -0.2) is 17.0 Å². The first-order valence-corrected chi connectivity index (χ1v) is 6.62. The van der Waals surface area contributed by atoms with Crippen LogP contribution < -0.4 is 5.32 Å². The van der Waals surface area contributed by atoms with E-state index in [1.165, 1.54) is 0 Å². The Morgan fingerprint density at radius 3 is 2.32 bits per heavy atom. The number of carbonyl (C=O) groups excluding carboxylic acids is 1. The van der Waals surface area contributed by atoms with Crippen LogP contribution in [0, 0.1) is 5.41 Å². The molecular weight excluding hydrogens is 242 g/mol. The maximum atomic E-state index is 12.1. The zero-order chi connectivity index (χ0) is 13.9. The van der Waals surface area contributed by atoms with Crippen LogP contribution in [0.3, 0.4) is 0 Å². The van der Waals surface area contributed by atoms with E-state index in [2.05, 4.69) is 5.32 Å². The zero-order valence-corrected chi connectivity index (χ0v) is 11.1. The number of rotatable bonds is 4. The molecule has 0 saturated heterocycles. The summed E-state index contributed by atoms with van der Waals surface area (Å²) in [5, 5.41) is 11.7. The van der Waals surface area contributed by atoms with Crippen LogP contribution in [0.5, 0.6) is 0 Å². The van der Waals surface area contributed by atoms with Crippen LogP contribution in [-0.2, 0) is 11.3 Å². The normalized spacial score (nSPS) is 17.1. The smallest absolute Gasteiger partial charge is 0.335 e. The van der Waals surface area contributed by atoms with E-state index in [1.54, 1.807) is 24.3 Å². The molecule has 4 heteroatoms. The largest absolute Gasteiger partial charge is 0.478 e. The van der Waals surface area contributed by atoms with Gasteiger partial charge in [-0.3, -0.25) is 4.79 Å². The Kier molecular flexibility index (Phi) is 3.88. The molecule has 1 aliphatic rings. The fraction of sp³-hybridized carbons (Fsp3) is 0.467. The van der Waals surface area contributed by atoms with Gasteiger partial charge in [0.2, 0.25) is 5.91 Å². The summed E-state index contributed by atoms with van der Waals surface area (Å²) < 4.78 is 0. The SMILES string of the molecule is CC1(C(=O)NCc2ccc(C(=O)O)cc2)CCCC1. The van der Waals surface area contributed by atoms with Crippen molar-refractivity contribution in [2.75, 3.05) is 0 Å². The Morgan fingerprint density at radius 1 is 1.21 bits per heavy atom. The summed E-state index contributed by atoms with van der Waals surface area (Å²) in [6.07, 6.45) is 4.15. The van der Waals surface area contributed by atoms with Gasteiger partial charge in [-0.1, -0.05) is 31.9 Å². The Morgan fingerprint density at radius 2 is 1.79 bits per heavy atom. The van der Waals surface area contributed by atoms with Crippen LogP contribution in [0.25, 0.3) is 0 Å². The molecule has 0 aliphatic heterocycles. The monoisotopic (exact) mass is 261 g/mol. The van der Waals surface area contributed by atoms with Crippen molar-refractivity contribution in [3.63, 3.8) is 0 Å². The third-order valence-electron chi connectivity index (χ3n) is 3.91. The van der Waals surface area contributed by atoms with Gasteiger partial charge in [0.05, 0.1) is 5.56 Å². The highest BCUT2D eigenvalue weighted by Gasteiger charge is 2.35. The molecule has 2 N–H and O–H groups in total. The van der Waals surface area contributed by atoms with Crippen molar-refractivity contribution in [2.45, 2.75) is 39.2 Å². The summed E-state index contributed by atoms with van der Waals surface area (Å²) in [6.45, 7) is 2.47. The first kappa shape index (κ1) is 13.6. The quantitative estimate of drug-likeness (QED) is 0.875. The molecule has 1 aliphatic carbocycles. The van der Waals surface area contributed by atoms with E-state index in [0.29, 0.717) is 6.54 Å². The van der Waals surface area contributed by atoms with Crippen molar-refractivity contribution in [1.82, 2.24) is 5.32 Å². The molecule has 1 aromatic carbocycles. The van der Waals surface area contributed by atoms with E-state index >= 15 is 0 Å². The number of amides is 1. The van der Waals surface area contributed by atoms with Crippen molar-refractivity contribution in [3.05, 3.63) is 35.4 Å². The third kappa shape index (κ3) is 3.13. The number of hydrogen-bond donors (Lipinski definition) is 2. The molecule has 4 nitrogen and oxygen atoms in total. The van der Waals surface area contributed by atoms with Crippen LogP contribution in [0.1, 0.15) is 48.5 Å². The molecule has 19 heavy (non-hydrogen) atoms. The van der Waals surface area contributed by atoms with Gasteiger partial charge in [0.1, 0.15) is 0 Å². The van der Waals surface area contributed by atoms with Crippen molar-refractivity contribution in [3.8, 4) is 0 Å². The number of hydrogen-bond acceptors (Lipinski definition) is 2. The predicted octanol–water partition coefficient (Wildman–Crippen LogP) is 2.58. The molecule has 0 atom stereocenters. The van der Waals surface area contributed by atoms with Crippen LogP contribution in [0.2, 0.25) is 0 Å². The van der Waals surface area contributed by atoms with E-state index in [4.69, 9.17) is 5.11 Å². The van der Waals surface area contributed by atoms with Crippen molar-refractivity contribution < 1.29 is 14.7 Å². The third-order valence-corrected chi connectivity index (χ3v) is 3.91. The van der Waals surface area contributed by atoms with Gasteiger partial charge < -0.3 is 10.4 Å². The van der Waals surface area contributed by atoms with Gasteiger partial charge in [-0.2, -0.15) is 0 Å². The summed E-state index contributed by atoms with van der Waals surface area (Å²) in [7, 11) is 0. The molecule has 0 radical (unpaired) electrons. The fourth-order valence-corrected chi connectivity index (χ4v) is 2.54. The molecule has 0 spiro atoms. The molecule has 0 heterocycles. The summed E-state index contributed by atoms with van der Waals surface area (Å²) in [4.78, 5) is 22.8. The van der Waals surface area contributed by atoms with Gasteiger partial charge in [0.25, 0.3) is 0 Å². The lowest BCUT2D eigenvalue weighted by atomic mass is 9.88. The summed E-state index contributed by atoms with van der Waals surface area (Å²) >= 11 is 0. The Labute approximate surface area is 112 Å². The van der Waals surface area contributed by atoms with E-state index in [0.717, 1.165) is 31.2 Å². The predicted molar refractivity (Wildman–Crippen MR) is 71.8 cm³/mol. The maximum absolute atomic E-state index is 12.1. The highest BCUT2D eigenvalue weighted by atomic mass is 16.4. The number of aromatic carboxylic acids is 1. The van der Waals surface area contributed by atoms with Crippen molar-refractivity contribution >= 4 is 11.9 Å². The lowest BCUT2D eigenvalue weighted by Gasteiger charge is -2.22. The zero-order valence-electron chi connectivity index (χ0n) is 11.1. The molecule has 1 aromatic rings. The number of carboxylic acids is 1. The van der Waals surface area contributed by atoms with E-state index in [-0.39, 0.29) is 16.9 Å². The first-order valence-electron chi connectivity index (χ1n) is 6.62. The molecule has 0 unspecified atom stereocenters. The lowest BCUT2D eigenvalue weighted by Crippen LogP contribution is -2.36. The van der Waals surface area contributed by atoms with Gasteiger partial charge in [-0.25, -0.2) is 4.79 Å². The average Bonchev–Trinajstić information content (AvgIpc) is 2.84. The standard InChI is InChI=1S/C15H19NO3/c1-15(8-2-3-9-15)14(19)16-10-11-4-6-12(7-5-11)13(17)18/h4-7H,2-3,8-10H2,1H3,(H,16,19)(H,17,18). The molecule has 1 saturated carbocycles. The second-order valence-electron chi connectivity index (χ2n) is 5.45. The second-order valence-corrected chi connectivity index (χ2v) is 5.45. The number of benzene rings is 1. The summed E-state index contributed by atoms with van der Waals surface area (Å²) in [6, 6.07) is 6.59. The lowest BCUT2D eigenvalue weighted by molar-refractivity contribution is -0.130. The minimum atomic E-state index is -0.936. The van der Waals surface area contributed by atoms with Gasteiger partial charge in [0.15, 0.2) is 0 Å².